The summed E-state index contributed by atoms with van der Waals surface area (Å²) >= 11 is 0. The quantitative estimate of drug-likeness (QED) is 0.861. The van der Waals surface area contributed by atoms with E-state index in [1.165, 1.54) is 0 Å². The van der Waals surface area contributed by atoms with Gasteiger partial charge in [-0.25, -0.2) is 13.1 Å². The van der Waals surface area contributed by atoms with Crippen molar-refractivity contribution >= 4 is 22.4 Å². The zero-order chi connectivity index (χ0) is 14.6. The van der Waals surface area contributed by atoms with Gasteiger partial charge in [0.25, 0.3) is 0 Å². The summed E-state index contributed by atoms with van der Waals surface area (Å²) in [5.41, 5.74) is 5.74. The van der Waals surface area contributed by atoms with Gasteiger partial charge in [-0.05, 0) is 49.6 Å². The third-order valence-electron chi connectivity index (χ3n) is 3.89. The number of hydrogen-bond donors (Lipinski definition) is 2. The lowest BCUT2D eigenvalue weighted by atomic mass is 9.85. The minimum atomic E-state index is -3.49. The van der Waals surface area contributed by atoms with Gasteiger partial charge in [-0.1, -0.05) is 12.8 Å². The predicted molar refractivity (Wildman–Crippen MR) is 85.4 cm³/mol. The largest absolute Gasteiger partial charge is 0.497 e. The van der Waals surface area contributed by atoms with Crippen LogP contribution in [0.4, 0.5) is 0 Å². The molecule has 5 nitrogen and oxygen atoms in total. The Hall–Kier alpha value is -0.820. The van der Waals surface area contributed by atoms with E-state index < -0.39 is 10.0 Å². The van der Waals surface area contributed by atoms with Crippen molar-refractivity contribution in [2.75, 3.05) is 13.7 Å². The predicted octanol–water partition coefficient (Wildman–Crippen LogP) is 1.91. The third-order valence-corrected chi connectivity index (χ3v) is 5.39. The van der Waals surface area contributed by atoms with Crippen molar-refractivity contribution in [1.82, 2.24) is 4.72 Å². The van der Waals surface area contributed by atoms with E-state index in [0.717, 1.165) is 25.7 Å². The molecule has 120 valence electrons. The summed E-state index contributed by atoms with van der Waals surface area (Å²) in [5, 5.41) is 0. The molecule has 0 heterocycles. The van der Waals surface area contributed by atoms with Crippen LogP contribution in [0.15, 0.2) is 29.2 Å². The van der Waals surface area contributed by atoms with E-state index in [1.807, 2.05) is 0 Å². The number of hydrogen-bond acceptors (Lipinski definition) is 4. The topological polar surface area (TPSA) is 81.4 Å². The van der Waals surface area contributed by atoms with E-state index in [-0.39, 0.29) is 29.3 Å². The van der Waals surface area contributed by atoms with E-state index in [1.54, 1.807) is 31.4 Å². The summed E-state index contributed by atoms with van der Waals surface area (Å²) in [7, 11) is -1.94. The third kappa shape index (κ3) is 4.57. The highest BCUT2D eigenvalue weighted by Crippen LogP contribution is 2.25. The molecule has 0 bridgehead atoms. The second-order valence-corrected chi connectivity index (χ2v) is 6.90. The van der Waals surface area contributed by atoms with Gasteiger partial charge in [-0.2, -0.15) is 0 Å². The summed E-state index contributed by atoms with van der Waals surface area (Å²) in [5.74, 6) is 0.873. The van der Waals surface area contributed by atoms with Crippen LogP contribution in [-0.2, 0) is 10.0 Å². The Labute approximate surface area is 132 Å². The molecule has 1 aliphatic carbocycles. The van der Waals surface area contributed by atoms with Gasteiger partial charge in [0, 0.05) is 6.04 Å². The van der Waals surface area contributed by atoms with Crippen molar-refractivity contribution in [2.45, 2.75) is 36.6 Å². The SMILES string of the molecule is COc1ccc(S(=O)(=O)NC2CCCCC2CN)cc1.Cl. The van der Waals surface area contributed by atoms with Crippen LogP contribution in [0.1, 0.15) is 25.7 Å². The smallest absolute Gasteiger partial charge is 0.240 e. The lowest BCUT2D eigenvalue weighted by molar-refractivity contribution is 0.296. The Kier molecular flexibility index (Phi) is 6.93. The Balaban J connectivity index is 0.00000220. The molecule has 2 rings (SSSR count). The van der Waals surface area contributed by atoms with Crippen LogP contribution in [0.5, 0.6) is 5.75 Å². The Morgan fingerprint density at radius 2 is 1.86 bits per heavy atom. The van der Waals surface area contributed by atoms with Gasteiger partial charge < -0.3 is 10.5 Å². The second-order valence-electron chi connectivity index (χ2n) is 5.18. The molecule has 1 aliphatic rings. The van der Waals surface area contributed by atoms with E-state index in [0.29, 0.717) is 12.3 Å². The van der Waals surface area contributed by atoms with Crippen molar-refractivity contribution in [2.24, 2.45) is 11.7 Å². The maximum Gasteiger partial charge on any atom is 0.240 e. The number of rotatable bonds is 5. The molecule has 2 atom stereocenters. The first-order valence-corrected chi connectivity index (χ1v) is 8.41. The van der Waals surface area contributed by atoms with Gasteiger partial charge in [0.1, 0.15) is 5.75 Å². The van der Waals surface area contributed by atoms with Gasteiger partial charge in [0.2, 0.25) is 10.0 Å². The normalized spacial score (nSPS) is 22.4. The van der Waals surface area contributed by atoms with Gasteiger partial charge >= 0.3 is 0 Å². The zero-order valence-electron chi connectivity index (χ0n) is 12.1. The monoisotopic (exact) mass is 334 g/mol. The average molecular weight is 335 g/mol. The Morgan fingerprint density at radius 3 is 2.43 bits per heavy atom. The van der Waals surface area contributed by atoms with Crippen LogP contribution in [0.25, 0.3) is 0 Å². The minimum Gasteiger partial charge on any atom is -0.497 e. The molecule has 7 heteroatoms. The van der Waals surface area contributed by atoms with Gasteiger partial charge in [0.05, 0.1) is 12.0 Å². The summed E-state index contributed by atoms with van der Waals surface area (Å²) < 4.78 is 32.6. The second kappa shape index (κ2) is 7.98. The maximum atomic E-state index is 12.4. The lowest BCUT2D eigenvalue weighted by Crippen LogP contribution is -2.44. The fourth-order valence-corrected chi connectivity index (χ4v) is 4.01. The van der Waals surface area contributed by atoms with Crippen molar-refractivity contribution < 1.29 is 13.2 Å². The maximum absolute atomic E-state index is 12.4. The molecule has 1 aromatic carbocycles. The molecule has 1 saturated carbocycles. The number of nitrogens with two attached hydrogens (primary N) is 1. The summed E-state index contributed by atoms with van der Waals surface area (Å²) in [6, 6.07) is 6.36. The van der Waals surface area contributed by atoms with Gasteiger partial charge in [-0.3, -0.25) is 0 Å². The van der Waals surface area contributed by atoms with E-state index in [9.17, 15) is 8.42 Å². The van der Waals surface area contributed by atoms with Crippen molar-refractivity contribution in [3.05, 3.63) is 24.3 Å². The molecule has 0 saturated heterocycles. The number of benzene rings is 1. The molecule has 1 aromatic rings. The molecule has 0 radical (unpaired) electrons. The van der Waals surface area contributed by atoms with Crippen LogP contribution in [0.3, 0.4) is 0 Å². The molecule has 3 N–H and O–H groups in total. The van der Waals surface area contributed by atoms with Crippen LogP contribution < -0.4 is 15.2 Å². The van der Waals surface area contributed by atoms with Gasteiger partial charge in [0.15, 0.2) is 0 Å². The zero-order valence-corrected chi connectivity index (χ0v) is 13.8. The molecule has 2 unspecified atom stereocenters. The fourth-order valence-electron chi connectivity index (χ4n) is 2.67. The van der Waals surface area contributed by atoms with Crippen LogP contribution in [0, 0.1) is 5.92 Å². The van der Waals surface area contributed by atoms with E-state index in [4.69, 9.17) is 10.5 Å². The molecule has 0 aliphatic heterocycles. The lowest BCUT2D eigenvalue weighted by Gasteiger charge is -2.31. The molecule has 1 fully saturated rings. The van der Waals surface area contributed by atoms with Crippen LogP contribution in [-0.4, -0.2) is 28.1 Å². The number of halogens is 1. The van der Waals surface area contributed by atoms with Crippen LogP contribution in [0.2, 0.25) is 0 Å². The van der Waals surface area contributed by atoms with E-state index >= 15 is 0 Å². The Morgan fingerprint density at radius 1 is 1.24 bits per heavy atom. The Bertz CT molecular complexity index is 534. The first kappa shape index (κ1) is 18.2. The fraction of sp³-hybridized carbons (Fsp3) is 0.571. The molecular weight excluding hydrogens is 312 g/mol. The summed E-state index contributed by atoms with van der Waals surface area (Å²) in [6.45, 7) is 0.524. The van der Waals surface area contributed by atoms with Gasteiger partial charge in [-0.15, -0.1) is 12.4 Å². The highest BCUT2D eigenvalue weighted by Gasteiger charge is 2.28. The van der Waals surface area contributed by atoms with Crippen molar-refractivity contribution in [3.8, 4) is 5.75 Å². The highest BCUT2D eigenvalue weighted by molar-refractivity contribution is 7.89. The first-order valence-electron chi connectivity index (χ1n) is 6.93. The molecule has 0 spiro atoms. The summed E-state index contributed by atoms with van der Waals surface area (Å²) in [6.07, 6.45) is 4.03. The van der Waals surface area contributed by atoms with Crippen molar-refractivity contribution in [1.29, 1.82) is 0 Å². The highest BCUT2D eigenvalue weighted by atomic mass is 35.5. The van der Waals surface area contributed by atoms with Crippen LogP contribution >= 0.6 is 12.4 Å². The van der Waals surface area contributed by atoms with E-state index in [2.05, 4.69) is 4.72 Å². The average Bonchev–Trinajstić information content (AvgIpc) is 2.47. The summed E-state index contributed by atoms with van der Waals surface area (Å²) in [4.78, 5) is 0.264. The van der Waals surface area contributed by atoms with Crippen molar-refractivity contribution in [3.63, 3.8) is 0 Å². The number of nitrogens with one attached hydrogen (secondary N) is 1. The minimum absolute atomic E-state index is 0. The number of methoxy groups -OCH3 is 1. The molecule has 21 heavy (non-hydrogen) atoms. The standard InChI is InChI=1S/C14H22N2O3S.ClH/c1-19-12-6-8-13(9-7-12)20(17,18)16-14-5-3-2-4-11(14)10-15;/h6-9,11,14,16H,2-5,10,15H2,1H3;1H. The number of ether oxygens (including phenoxy) is 1. The molecule has 0 aromatic heterocycles. The first-order chi connectivity index (χ1) is 9.56. The molecule has 0 amide bonds. The number of sulfonamides is 1. The molecular formula is C14H23ClN2O3S.